The van der Waals surface area contributed by atoms with Crippen LogP contribution in [-0.2, 0) is 10.0 Å². The molecule has 1 unspecified atom stereocenters. The van der Waals surface area contributed by atoms with Crippen LogP contribution in [0.15, 0.2) is 0 Å². The SMILES string of the molecule is CCCCN(CC)S(=O)(=O)C1CCNC1. The first-order chi connectivity index (χ1) is 7.12. The van der Waals surface area contributed by atoms with Gasteiger partial charge in [0.15, 0.2) is 0 Å². The zero-order valence-corrected chi connectivity index (χ0v) is 10.5. The van der Waals surface area contributed by atoms with Crippen molar-refractivity contribution in [1.82, 2.24) is 9.62 Å². The van der Waals surface area contributed by atoms with Crippen LogP contribution in [0.1, 0.15) is 33.1 Å². The van der Waals surface area contributed by atoms with Crippen molar-refractivity contribution in [2.75, 3.05) is 26.2 Å². The molecule has 1 aliphatic rings. The Labute approximate surface area is 93.1 Å². The minimum Gasteiger partial charge on any atom is -0.315 e. The van der Waals surface area contributed by atoms with Crippen molar-refractivity contribution in [3.05, 3.63) is 0 Å². The minimum absolute atomic E-state index is 0.200. The van der Waals surface area contributed by atoms with Crippen molar-refractivity contribution >= 4 is 10.0 Å². The van der Waals surface area contributed by atoms with E-state index in [4.69, 9.17) is 0 Å². The summed E-state index contributed by atoms with van der Waals surface area (Å²) in [6, 6.07) is 0. The summed E-state index contributed by atoms with van der Waals surface area (Å²) >= 11 is 0. The van der Waals surface area contributed by atoms with E-state index in [1.54, 1.807) is 4.31 Å². The van der Waals surface area contributed by atoms with E-state index in [-0.39, 0.29) is 5.25 Å². The molecule has 1 fully saturated rings. The van der Waals surface area contributed by atoms with Gasteiger partial charge in [-0.15, -0.1) is 0 Å². The molecule has 0 spiro atoms. The Hall–Kier alpha value is -0.130. The third-order valence-electron chi connectivity index (χ3n) is 2.91. The second-order valence-electron chi connectivity index (χ2n) is 4.00. The lowest BCUT2D eigenvalue weighted by molar-refractivity contribution is 0.412. The molecule has 1 rings (SSSR count). The third-order valence-corrected chi connectivity index (χ3v) is 5.32. The fourth-order valence-corrected chi connectivity index (χ4v) is 3.80. The van der Waals surface area contributed by atoms with Crippen LogP contribution >= 0.6 is 0 Å². The molecule has 0 radical (unpaired) electrons. The Bertz CT molecular complexity index is 271. The van der Waals surface area contributed by atoms with Gasteiger partial charge in [0.05, 0.1) is 5.25 Å². The molecule has 0 aromatic carbocycles. The maximum atomic E-state index is 12.2. The fraction of sp³-hybridized carbons (Fsp3) is 1.00. The summed E-state index contributed by atoms with van der Waals surface area (Å²) in [6.45, 7) is 6.71. The van der Waals surface area contributed by atoms with Crippen molar-refractivity contribution in [2.45, 2.75) is 38.4 Å². The molecule has 5 heteroatoms. The topological polar surface area (TPSA) is 49.4 Å². The Morgan fingerprint density at radius 1 is 1.40 bits per heavy atom. The van der Waals surface area contributed by atoms with E-state index >= 15 is 0 Å². The Morgan fingerprint density at radius 2 is 2.13 bits per heavy atom. The summed E-state index contributed by atoms with van der Waals surface area (Å²) in [5.41, 5.74) is 0. The van der Waals surface area contributed by atoms with Gasteiger partial charge >= 0.3 is 0 Å². The van der Waals surface area contributed by atoms with Crippen LogP contribution in [0.4, 0.5) is 0 Å². The number of hydrogen-bond donors (Lipinski definition) is 1. The largest absolute Gasteiger partial charge is 0.315 e. The smallest absolute Gasteiger partial charge is 0.218 e. The van der Waals surface area contributed by atoms with Crippen LogP contribution in [0.5, 0.6) is 0 Å². The van der Waals surface area contributed by atoms with Gasteiger partial charge in [-0.3, -0.25) is 0 Å². The molecule has 0 aromatic heterocycles. The first-order valence-corrected chi connectivity index (χ1v) is 7.33. The molecule has 1 heterocycles. The zero-order valence-electron chi connectivity index (χ0n) is 9.70. The van der Waals surface area contributed by atoms with Crippen LogP contribution < -0.4 is 5.32 Å². The number of nitrogens with zero attached hydrogens (tertiary/aromatic N) is 1. The molecular weight excluding hydrogens is 212 g/mol. The normalized spacial score (nSPS) is 22.5. The van der Waals surface area contributed by atoms with E-state index in [9.17, 15) is 8.42 Å². The maximum absolute atomic E-state index is 12.2. The summed E-state index contributed by atoms with van der Waals surface area (Å²) in [5, 5.41) is 2.91. The Kier molecular flexibility index (Phi) is 5.02. The summed E-state index contributed by atoms with van der Waals surface area (Å²) in [5.74, 6) is 0. The first kappa shape index (κ1) is 12.9. The predicted molar refractivity (Wildman–Crippen MR) is 62.3 cm³/mol. The number of hydrogen-bond acceptors (Lipinski definition) is 3. The number of sulfonamides is 1. The fourth-order valence-electron chi connectivity index (χ4n) is 1.89. The monoisotopic (exact) mass is 234 g/mol. The molecule has 90 valence electrons. The standard InChI is InChI=1S/C10H22N2O2S/c1-3-5-8-12(4-2)15(13,14)10-6-7-11-9-10/h10-11H,3-9H2,1-2H3. The molecule has 0 aromatic rings. The van der Waals surface area contributed by atoms with Crippen molar-refractivity contribution in [2.24, 2.45) is 0 Å². The highest BCUT2D eigenvalue weighted by atomic mass is 32.2. The van der Waals surface area contributed by atoms with Gasteiger partial charge in [-0.1, -0.05) is 20.3 Å². The van der Waals surface area contributed by atoms with Gasteiger partial charge < -0.3 is 5.32 Å². The van der Waals surface area contributed by atoms with E-state index in [1.807, 2.05) is 6.92 Å². The van der Waals surface area contributed by atoms with Crippen molar-refractivity contribution in [3.63, 3.8) is 0 Å². The van der Waals surface area contributed by atoms with E-state index in [1.165, 1.54) is 0 Å². The third kappa shape index (κ3) is 3.16. The summed E-state index contributed by atoms with van der Waals surface area (Å²) < 4.78 is 25.9. The molecule has 1 N–H and O–H groups in total. The minimum atomic E-state index is -3.05. The summed E-state index contributed by atoms with van der Waals surface area (Å²) in [6.07, 6.45) is 2.74. The summed E-state index contributed by atoms with van der Waals surface area (Å²) in [7, 11) is -3.05. The number of rotatable bonds is 6. The van der Waals surface area contributed by atoms with E-state index < -0.39 is 10.0 Å². The Morgan fingerprint density at radius 3 is 2.60 bits per heavy atom. The van der Waals surface area contributed by atoms with Crippen LogP contribution in [0.2, 0.25) is 0 Å². The first-order valence-electron chi connectivity index (χ1n) is 5.82. The molecule has 1 saturated heterocycles. The van der Waals surface area contributed by atoms with E-state index in [0.29, 0.717) is 19.6 Å². The van der Waals surface area contributed by atoms with Crippen LogP contribution in [0, 0.1) is 0 Å². The summed E-state index contributed by atoms with van der Waals surface area (Å²) in [4.78, 5) is 0. The highest BCUT2D eigenvalue weighted by Gasteiger charge is 2.32. The van der Waals surface area contributed by atoms with Crippen molar-refractivity contribution < 1.29 is 8.42 Å². The van der Waals surface area contributed by atoms with Crippen molar-refractivity contribution in [1.29, 1.82) is 0 Å². The van der Waals surface area contributed by atoms with E-state index in [2.05, 4.69) is 12.2 Å². The van der Waals surface area contributed by atoms with E-state index in [0.717, 1.165) is 25.8 Å². The van der Waals surface area contributed by atoms with Gasteiger partial charge in [0.25, 0.3) is 0 Å². The van der Waals surface area contributed by atoms with Crippen LogP contribution in [0.3, 0.4) is 0 Å². The lowest BCUT2D eigenvalue weighted by Gasteiger charge is -2.23. The number of unbranched alkanes of at least 4 members (excludes halogenated alkanes) is 1. The number of nitrogens with one attached hydrogen (secondary N) is 1. The van der Waals surface area contributed by atoms with Gasteiger partial charge in [0.1, 0.15) is 0 Å². The van der Waals surface area contributed by atoms with Gasteiger partial charge in [-0.25, -0.2) is 12.7 Å². The lowest BCUT2D eigenvalue weighted by Crippen LogP contribution is -2.40. The molecule has 4 nitrogen and oxygen atoms in total. The van der Waals surface area contributed by atoms with Gasteiger partial charge in [0.2, 0.25) is 10.0 Å². The average Bonchev–Trinajstić information content (AvgIpc) is 2.72. The Balaban J connectivity index is 2.63. The predicted octanol–water partition coefficient (Wildman–Crippen LogP) is 0.800. The molecule has 1 atom stereocenters. The molecule has 1 aliphatic heterocycles. The van der Waals surface area contributed by atoms with Crippen molar-refractivity contribution in [3.8, 4) is 0 Å². The molecule has 15 heavy (non-hydrogen) atoms. The second-order valence-corrected chi connectivity index (χ2v) is 6.22. The highest BCUT2D eigenvalue weighted by Crippen LogP contribution is 2.15. The lowest BCUT2D eigenvalue weighted by atomic mass is 10.3. The van der Waals surface area contributed by atoms with Crippen LogP contribution in [-0.4, -0.2) is 44.2 Å². The molecular formula is C10H22N2O2S. The zero-order chi connectivity index (χ0) is 11.3. The maximum Gasteiger partial charge on any atom is 0.218 e. The molecule has 0 amide bonds. The molecule has 0 bridgehead atoms. The van der Waals surface area contributed by atoms with Gasteiger partial charge in [-0.2, -0.15) is 0 Å². The van der Waals surface area contributed by atoms with Crippen LogP contribution in [0.25, 0.3) is 0 Å². The molecule has 0 aliphatic carbocycles. The highest BCUT2D eigenvalue weighted by molar-refractivity contribution is 7.89. The second kappa shape index (κ2) is 5.82. The average molecular weight is 234 g/mol. The van der Waals surface area contributed by atoms with Gasteiger partial charge in [-0.05, 0) is 19.4 Å². The van der Waals surface area contributed by atoms with Gasteiger partial charge in [0, 0.05) is 19.6 Å². The quantitative estimate of drug-likeness (QED) is 0.739. The molecule has 0 saturated carbocycles.